The van der Waals surface area contributed by atoms with Crippen LogP contribution in [0.4, 0.5) is 0 Å². The minimum atomic E-state index is -1.02. The van der Waals surface area contributed by atoms with Crippen molar-refractivity contribution in [3.63, 3.8) is 0 Å². The third-order valence-corrected chi connectivity index (χ3v) is 2.66. The van der Waals surface area contributed by atoms with Gasteiger partial charge in [-0.2, -0.15) is 0 Å². The number of rotatable bonds is 6. The molecule has 0 aromatic heterocycles. The molecule has 104 valence electrons. The van der Waals surface area contributed by atoms with Crippen LogP contribution in [-0.2, 0) is 4.79 Å². The third kappa shape index (κ3) is 4.62. The average Bonchev–Trinajstić information content (AvgIpc) is 2.37. The monoisotopic (exact) mass is 265 g/mol. The van der Waals surface area contributed by atoms with Crippen molar-refractivity contribution in [3.05, 3.63) is 29.8 Å². The highest BCUT2D eigenvalue weighted by Gasteiger charge is 2.21. The number of methoxy groups -OCH3 is 1. The maximum absolute atomic E-state index is 11.9. The lowest BCUT2D eigenvalue weighted by atomic mass is 10.0. The zero-order valence-corrected chi connectivity index (χ0v) is 11.3. The van der Waals surface area contributed by atoms with Crippen LogP contribution in [0.3, 0.4) is 0 Å². The molecule has 0 fully saturated rings. The van der Waals surface area contributed by atoms with E-state index in [1.54, 1.807) is 24.3 Å². The molecule has 0 spiro atoms. The van der Waals surface area contributed by atoms with Gasteiger partial charge in [0.05, 0.1) is 7.11 Å². The van der Waals surface area contributed by atoms with Gasteiger partial charge in [-0.05, 0) is 36.6 Å². The highest BCUT2D eigenvalue weighted by atomic mass is 16.5. The summed E-state index contributed by atoms with van der Waals surface area (Å²) in [6, 6.07) is 5.65. The molecule has 0 heterocycles. The molecule has 0 saturated heterocycles. The summed E-state index contributed by atoms with van der Waals surface area (Å²) in [6.45, 7) is 3.82. The summed E-state index contributed by atoms with van der Waals surface area (Å²) in [7, 11) is 1.54. The molecule has 0 aliphatic carbocycles. The van der Waals surface area contributed by atoms with Gasteiger partial charge in [0, 0.05) is 5.56 Å². The lowest BCUT2D eigenvalue weighted by Gasteiger charge is -2.16. The van der Waals surface area contributed by atoms with E-state index in [4.69, 9.17) is 9.84 Å². The van der Waals surface area contributed by atoms with Crippen LogP contribution >= 0.6 is 0 Å². The molecule has 5 nitrogen and oxygen atoms in total. The Morgan fingerprint density at radius 3 is 2.26 bits per heavy atom. The van der Waals surface area contributed by atoms with Gasteiger partial charge in [-0.1, -0.05) is 13.8 Å². The van der Waals surface area contributed by atoms with Gasteiger partial charge in [0.1, 0.15) is 11.8 Å². The molecule has 0 bridgehead atoms. The van der Waals surface area contributed by atoms with Crippen molar-refractivity contribution >= 4 is 11.9 Å². The molecule has 0 radical (unpaired) electrons. The van der Waals surface area contributed by atoms with E-state index < -0.39 is 17.9 Å². The van der Waals surface area contributed by atoms with Crippen LogP contribution < -0.4 is 10.1 Å². The Morgan fingerprint density at radius 1 is 1.26 bits per heavy atom. The standard InChI is InChI=1S/C14H19NO4/c1-9(2)8-12(14(17)18)15-13(16)10-4-6-11(19-3)7-5-10/h4-7,9,12H,8H2,1-3H3,(H,15,16)(H,17,18)/t12-/m0/s1. The second kappa shape index (κ2) is 6.78. The van der Waals surface area contributed by atoms with Crippen molar-refractivity contribution in [2.45, 2.75) is 26.3 Å². The van der Waals surface area contributed by atoms with Gasteiger partial charge in [-0.3, -0.25) is 4.79 Å². The van der Waals surface area contributed by atoms with Crippen molar-refractivity contribution in [1.82, 2.24) is 5.32 Å². The average molecular weight is 265 g/mol. The smallest absolute Gasteiger partial charge is 0.326 e. The first-order chi connectivity index (χ1) is 8.93. The van der Waals surface area contributed by atoms with Crippen LogP contribution in [0, 0.1) is 5.92 Å². The number of carbonyl (C=O) groups excluding carboxylic acids is 1. The molecule has 5 heteroatoms. The van der Waals surface area contributed by atoms with Crippen LogP contribution in [0.15, 0.2) is 24.3 Å². The molecular weight excluding hydrogens is 246 g/mol. The van der Waals surface area contributed by atoms with Crippen LogP contribution in [0.25, 0.3) is 0 Å². The largest absolute Gasteiger partial charge is 0.497 e. The third-order valence-electron chi connectivity index (χ3n) is 2.66. The second-order valence-corrected chi connectivity index (χ2v) is 4.72. The molecule has 1 atom stereocenters. The number of aliphatic carboxylic acids is 1. The van der Waals surface area contributed by atoms with Gasteiger partial charge < -0.3 is 15.2 Å². The maximum Gasteiger partial charge on any atom is 0.326 e. The first kappa shape index (κ1) is 15.0. The fraction of sp³-hybridized carbons (Fsp3) is 0.429. The molecule has 1 aromatic rings. The van der Waals surface area contributed by atoms with Gasteiger partial charge in [0.25, 0.3) is 5.91 Å². The summed E-state index contributed by atoms with van der Waals surface area (Å²) >= 11 is 0. The van der Waals surface area contributed by atoms with E-state index in [9.17, 15) is 9.59 Å². The van der Waals surface area contributed by atoms with E-state index in [1.807, 2.05) is 13.8 Å². The van der Waals surface area contributed by atoms with E-state index in [2.05, 4.69) is 5.32 Å². The molecule has 2 N–H and O–H groups in total. The number of hydrogen-bond acceptors (Lipinski definition) is 3. The minimum absolute atomic E-state index is 0.192. The van der Waals surface area contributed by atoms with Gasteiger partial charge in [0.2, 0.25) is 0 Å². The molecule has 0 aliphatic rings. The van der Waals surface area contributed by atoms with E-state index >= 15 is 0 Å². The second-order valence-electron chi connectivity index (χ2n) is 4.72. The molecule has 0 saturated carbocycles. The summed E-state index contributed by atoms with van der Waals surface area (Å²) in [5.74, 6) is -0.572. The zero-order valence-electron chi connectivity index (χ0n) is 11.3. The number of amides is 1. The topological polar surface area (TPSA) is 75.6 Å². The summed E-state index contributed by atoms with van der Waals surface area (Å²) < 4.78 is 5.00. The summed E-state index contributed by atoms with van der Waals surface area (Å²) in [4.78, 5) is 23.0. The van der Waals surface area contributed by atoms with Crippen molar-refractivity contribution in [1.29, 1.82) is 0 Å². The van der Waals surface area contributed by atoms with Crippen molar-refractivity contribution in [2.75, 3.05) is 7.11 Å². The number of hydrogen-bond donors (Lipinski definition) is 2. The minimum Gasteiger partial charge on any atom is -0.497 e. The van der Waals surface area contributed by atoms with E-state index in [0.29, 0.717) is 17.7 Å². The quantitative estimate of drug-likeness (QED) is 0.824. The first-order valence-corrected chi connectivity index (χ1v) is 6.11. The molecule has 1 aromatic carbocycles. The first-order valence-electron chi connectivity index (χ1n) is 6.11. The Balaban J connectivity index is 2.72. The van der Waals surface area contributed by atoms with Crippen molar-refractivity contribution in [2.24, 2.45) is 5.92 Å². The van der Waals surface area contributed by atoms with Crippen molar-refractivity contribution < 1.29 is 19.4 Å². The Bertz CT molecular complexity index is 439. The van der Waals surface area contributed by atoms with Crippen LogP contribution in [0.1, 0.15) is 30.6 Å². The number of nitrogens with one attached hydrogen (secondary N) is 1. The molecule has 1 amide bonds. The normalized spacial score (nSPS) is 12.0. The van der Waals surface area contributed by atoms with E-state index in [-0.39, 0.29) is 5.92 Å². The fourth-order valence-electron chi connectivity index (χ4n) is 1.68. The fourth-order valence-corrected chi connectivity index (χ4v) is 1.68. The number of carboxylic acids is 1. The van der Waals surface area contributed by atoms with Gasteiger partial charge in [-0.25, -0.2) is 4.79 Å². The summed E-state index contributed by atoms with van der Waals surface area (Å²) in [5, 5.41) is 11.6. The van der Waals surface area contributed by atoms with Gasteiger partial charge >= 0.3 is 5.97 Å². The SMILES string of the molecule is COc1ccc(C(=O)N[C@@H](CC(C)C)C(=O)O)cc1. The van der Waals surface area contributed by atoms with Crippen LogP contribution in [0.5, 0.6) is 5.75 Å². The van der Waals surface area contributed by atoms with Crippen LogP contribution in [0.2, 0.25) is 0 Å². The van der Waals surface area contributed by atoms with E-state index in [1.165, 1.54) is 7.11 Å². The van der Waals surface area contributed by atoms with E-state index in [0.717, 1.165) is 0 Å². The maximum atomic E-state index is 11.9. The van der Waals surface area contributed by atoms with Crippen molar-refractivity contribution in [3.8, 4) is 5.75 Å². The highest BCUT2D eigenvalue weighted by Crippen LogP contribution is 2.12. The van der Waals surface area contributed by atoms with Gasteiger partial charge in [0.15, 0.2) is 0 Å². The number of carboxylic acid groups (broad SMARTS) is 1. The Kier molecular flexibility index (Phi) is 5.36. The number of carbonyl (C=O) groups is 2. The lowest BCUT2D eigenvalue weighted by molar-refractivity contribution is -0.139. The summed E-state index contributed by atoms with van der Waals surface area (Å²) in [6.07, 6.45) is 0.400. The van der Waals surface area contributed by atoms with Crippen LogP contribution in [-0.4, -0.2) is 30.1 Å². The summed E-state index contributed by atoms with van der Waals surface area (Å²) in [5.41, 5.74) is 0.413. The van der Waals surface area contributed by atoms with Gasteiger partial charge in [-0.15, -0.1) is 0 Å². The Morgan fingerprint density at radius 2 is 1.84 bits per heavy atom. The Hall–Kier alpha value is -2.04. The Labute approximate surface area is 112 Å². The lowest BCUT2D eigenvalue weighted by Crippen LogP contribution is -2.41. The molecule has 19 heavy (non-hydrogen) atoms. The molecule has 1 rings (SSSR count). The highest BCUT2D eigenvalue weighted by molar-refractivity contribution is 5.96. The number of ether oxygens (including phenoxy) is 1. The molecule has 0 aliphatic heterocycles. The predicted octanol–water partition coefficient (Wildman–Crippen LogP) is 1.92. The molecular formula is C14H19NO4. The molecule has 0 unspecified atom stereocenters. The predicted molar refractivity (Wildman–Crippen MR) is 71.3 cm³/mol. The number of benzene rings is 1. The zero-order chi connectivity index (χ0) is 14.4.